The molecule has 0 aliphatic heterocycles. The molecule has 8 heteroatoms. The number of thiophene rings is 1. The topological polar surface area (TPSA) is 95.2 Å². The quantitative estimate of drug-likeness (QED) is 0.293. The van der Waals surface area contributed by atoms with Crippen molar-refractivity contribution in [2.75, 3.05) is 6.54 Å². The predicted octanol–water partition coefficient (Wildman–Crippen LogP) is 5.71. The van der Waals surface area contributed by atoms with Crippen LogP contribution in [0, 0.1) is 6.92 Å². The number of nitrogens with zero attached hydrogens (tertiary/aromatic N) is 4. The van der Waals surface area contributed by atoms with Gasteiger partial charge < -0.3 is 10.3 Å². The Balaban J connectivity index is 1.44. The van der Waals surface area contributed by atoms with Crippen LogP contribution in [0.4, 0.5) is 0 Å². The number of aromatic nitrogens is 6. The number of pyridine rings is 3. The summed E-state index contributed by atoms with van der Waals surface area (Å²) in [5.74, 6) is 0. The third kappa shape index (κ3) is 3.67. The first kappa shape index (κ1) is 20.7. The average Bonchev–Trinajstić information content (AvgIpc) is 3.59. The first-order valence-corrected chi connectivity index (χ1v) is 12.0. The normalized spacial score (nSPS) is 11.6. The summed E-state index contributed by atoms with van der Waals surface area (Å²) in [6.45, 7) is 5.93. The van der Waals surface area contributed by atoms with Crippen LogP contribution in [0.1, 0.15) is 17.4 Å². The number of hydrogen-bond acceptors (Lipinski definition) is 6. The van der Waals surface area contributed by atoms with Crippen molar-refractivity contribution in [3.8, 4) is 33.0 Å². The van der Waals surface area contributed by atoms with Gasteiger partial charge in [-0.1, -0.05) is 6.92 Å². The van der Waals surface area contributed by atoms with Crippen molar-refractivity contribution in [2.24, 2.45) is 0 Å². The highest BCUT2D eigenvalue weighted by Gasteiger charge is 2.15. The minimum absolute atomic E-state index is 0.682. The van der Waals surface area contributed by atoms with Crippen molar-refractivity contribution >= 4 is 33.3 Å². The molecule has 6 rings (SSSR count). The molecule has 6 aromatic rings. The number of hydrogen-bond donors (Lipinski definition) is 3. The van der Waals surface area contributed by atoms with Crippen molar-refractivity contribution in [3.63, 3.8) is 0 Å². The highest BCUT2D eigenvalue weighted by atomic mass is 32.1. The summed E-state index contributed by atoms with van der Waals surface area (Å²) in [4.78, 5) is 19.5. The van der Waals surface area contributed by atoms with Crippen molar-refractivity contribution in [1.82, 2.24) is 35.5 Å². The van der Waals surface area contributed by atoms with Crippen molar-refractivity contribution < 1.29 is 0 Å². The number of rotatable bonds is 6. The van der Waals surface area contributed by atoms with E-state index in [9.17, 15) is 0 Å². The lowest BCUT2D eigenvalue weighted by Gasteiger charge is -2.05. The summed E-state index contributed by atoms with van der Waals surface area (Å²) in [5.41, 5.74) is 7.85. The molecular formula is C26H23N7S. The first-order valence-electron chi connectivity index (χ1n) is 11.2. The van der Waals surface area contributed by atoms with Gasteiger partial charge in [-0.3, -0.25) is 15.1 Å². The van der Waals surface area contributed by atoms with E-state index in [4.69, 9.17) is 0 Å². The van der Waals surface area contributed by atoms with E-state index in [0.29, 0.717) is 5.65 Å². The van der Waals surface area contributed by atoms with E-state index in [0.717, 1.165) is 63.0 Å². The lowest BCUT2D eigenvalue weighted by atomic mass is 10.1. The van der Waals surface area contributed by atoms with Crippen LogP contribution in [-0.4, -0.2) is 36.7 Å². The largest absolute Gasteiger partial charge is 0.352 e. The molecule has 0 saturated carbocycles. The monoisotopic (exact) mass is 465 g/mol. The smallest absolute Gasteiger partial charge is 0.181 e. The SMILES string of the molecule is CCNCc1cncc(-c2cnc3n[nH]c(-c4cc5c(-c6ccc(C)s6)cncc5[nH]4)c3c2)c1. The third-order valence-corrected chi connectivity index (χ3v) is 6.97. The van der Waals surface area contributed by atoms with Gasteiger partial charge in [0.1, 0.15) is 0 Å². The van der Waals surface area contributed by atoms with E-state index in [1.165, 1.54) is 9.75 Å². The van der Waals surface area contributed by atoms with Crippen LogP contribution in [0.2, 0.25) is 0 Å². The summed E-state index contributed by atoms with van der Waals surface area (Å²) in [5, 5.41) is 13.1. The Hall–Kier alpha value is -3.88. The Morgan fingerprint density at radius 3 is 2.68 bits per heavy atom. The Bertz CT molecular complexity index is 1630. The number of H-pyrrole nitrogens is 2. The Kier molecular flexibility index (Phi) is 5.16. The molecule has 0 aliphatic carbocycles. The maximum atomic E-state index is 4.61. The standard InChI is InChI=1S/C26H23N7S/c1-3-27-9-16-6-17(11-28-10-16)18-7-20-25(32-33-26(20)30-12-18)22-8-19-21(13-29-14-23(19)31-22)24-5-4-15(2)34-24/h4-8,10-14,27,31H,3,9H2,1-2H3,(H,30,32,33). The van der Waals surface area contributed by atoms with Crippen molar-refractivity contribution in [2.45, 2.75) is 20.4 Å². The zero-order chi connectivity index (χ0) is 23.1. The molecule has 0 amide bonds. The molecular weight excluding hydrogens is 442 g/mol. The van der Waals surface area contributed by atoms with Gasteiger partial charge in [-0.05, 0) is 49.4 Å². The molecule has 34 heavy (non-hydrogen) atoms. The van der Waals surface area contributed by atoms with Crippen molar-refractivity contribution in [3.05, 3.63) is 71.8 Å². The van der Waals surface area contributed by atoms with Gasteiger partial charge in [-0.15, -0.1) is 11.3 Å². The van der Waals surface area contributed by atoms with Gasteiger partial charge >= 0.3 is 0 Å². The fourth-order valence-corrected chi connectivity index (χ4v) is 5.13. The van der Waals surface area contributed by atoms with Gasteiger partial charge in [-0.2, -0.15) is 5.10 Å². The van der Waals surface area contributed by atoms with Gasteiger partial charge in [0.25, 0.3) is 0 Å². The molecule has 0 bridgehead atoms. The van der Waals surface area contributed by atoms with Gasteiger partial charge in [0.2, 0.25) is 0 Å². The third-order valence-electron chi connectivity index (χ3n) is 5.94. The number of nitrogens with one attached hydrogen (secondary N) is 3. The maximum absolute atomic E-state index is 4.61. The predicted molar refractivity (Wildman–Crippen MR) is 138 cm³/mol. The van der Waals surface area contributed by atoms with Crippen LogP contribution in [-0.2, 0) is 6.54 Å². The fraction of sp³-hybridized carbons (Fsp3) is 0.154. The molecule has 3 N–H and O–H groups in total. The minimum Gasteiger partial charge on any atom is -0.352 e. The molecule has 0 unspecified atom stereocenters. The van der Waals surface area contributed by atoms with Gasteiger partial charge in [-0.25, -0.2) is 4.98 Å². The number of fused-ring (bicyclic) bond motifs is 2. The minimum atomic E-state index is 0.682. The summed E-state index contributed by atoms with van der Waals surface area (Å²) in [7, 11) is 0. The van der Waals surface area contributed by atoms with Crippen LogP contribution in [0.25, 0.3) is 54.9 Å². The molecule has 0 aromatic carbocycles. The summed E-state index contributed by atoms with van der Waals surface area (Å²) >= 11 is 1.78. The van der Waals surface area contributed by atoms with E-state index in [1.807, 2.05) is 31.0 Å². The van der Waals surface area contributed by atoms with Crippen molar-refractivity contribution in [1.29, 1.82) is 0 Å². The van der Waals surface area contributed by atoms with Crippen LogP contribution in [0.5, 0.6) is 0 Å². The fourth-order valence-electron chi connectivity index (χ4n) is 4.24. The molecule has 0 aliphatic rings. The zero-order valence-corrected chi connectivity index (χ0v) is 19.7. The maximum Gasteiger partial charge on any atom is 0.181 e. The lowest BCUT2D eigenvalue weighted by molar-refractivity contribution is 0.724. The van der Waals surface area contributed by atoms with Gasteiger partial charge in [0.05, 0.1) is 23.1 Å². The zero-order valence-electron chi connectivity index (χ0n) is 18.9. The first-order chi connectivity index (χ1) is 16.7. The Morgan fingerprint density at radius 2 is 1.82 bits per heavy atom. The molecule has 0 atom stereocenters. The van der Waals surface area contributed by atoms with E-state index >= 15 is 0 Å². The van der Waals surface area contributed by atoms with Crippen LogP contribution >= 0.6 is 11.3 Å². The molecule has 0 fully saturated rings. The summed E-state index contributed by atoms with van der Waals surface area (Å²) in [6, 6.07) is 10.7. The number of aromatic amines is 2. The second-order valence-electron chi connectivity index (χ2n) is 8.30. The summed E-state index contributed by atoms with van der Waals surface area (Å²) < 4.78 is 0. The Morgan fingerprint density at radius 1 is 0.941 bits per heavy atom. The Labute approximate surface area is 200 Å². The lowest BCUT2D eigenvalue weighted by Crippen LogP contribution is -2.11. The van der Waals surface area contributed by atoms with Crippen LogP contribution in [0.15, 0.2) is 61.3 Å². The molecule has 0 spiro atoms. The van der Waals surface area contributed by atoms with E-state index in [-0.39, 0.29) is 0 Å². The van der Waals surface area contributed by atoms with Crippen LogP contribution in [0.3, 0.4) is 0 Å². The average molecular weight is 466 g/mol. The second kappa shape index (κ2) is 8.48. The molecule has 168 valence electrons. The molecule has 0 radical (unpaired) electrons. The number of aryl methyl sites for hydroxylation is 1. The second-order valence-corrected chi connectivity index (χ2v) is 9.59. The highest BCUT2D eigenvalue weighted by molar-refractivity contribution is 7.15. The summed E-state index contributed by atoms with van der Waals surface area (Å²) in [6.07, 6.45) is 9.43. The van der Waals surface area contributed by atoms with E-state index < -0.39 is 0 Å². The molecule has 7 nitrogen and oxygen atoms in total. The van der Waals surface area contributed by atoms with E-state index in [1.54, 1.807) is 11.3 Å². The van der Waals surface area contributed by atoms with Gasteiger partial charge in [0, 0.05) is 68.5 Å². The molecule has 6 heterocycles. The molecule has 6 aromatic heterocycles. The highest BCUT2D eigenvalue weighted by Crippen LogP contribution is 2.36. The van der Waals surface area contributed by atoms with Gasteiger partial charge in [0.15, 0.2) is 5.65 Å². The van der Waals surface area contributed by atoms with Crippen LogP contribution < -0.4 is 5.32 Å². The molecule has 0 saturated heterocycles. The van der Waals surface area contributed by atoms with E-state index in [2.05, 4.69) is 79.6 Å².